The highest BCUT2D eigenvalue weighted by Crippen LogP contribution is 2.30. The fourth-order valence-corrected chi connectivity index (χ4v) is 1.98. The summed E-state index contributed by atoms with van der Waals surface area (Å²) in [4.78, 5) is 32.9. The predicted molar refractivity (Wildman–Crippen MR) is 64.0 cm³/mol. The Labute approximate surface area is 107 Å². The first-order valence-corrected chi connectivity index (χ1v) is 5.58. The van der Waals surface area contributed by atoms with Gasteiger partial charge in [0.2, 0.25) is 0 Å². The fraction of sp³-hybridized carbons (Fsp3) is 0.0769. The first-order valence-electron chi connectivity index (χ1n) is 5.58. The fourth-order valence-electron chi connectivity index (χ4n) is 1.98. The molecule has 1 aromatic heterocycles. The van der Waals surface area contributed by atoms with Crippen molar-refractivity contribution < 1.29 is 14.0 Å². The Kier molecular flexibility index (Phi) is 2.56. The minimum absolute atomic E-state index is 0.0842. The molecule has 0 atom stereocenters. The Morgan fingerprint density at radius 3 is 2.63 bits per heavy atom. The molecule has 0 bridgehead atoms. The molecule has 0 unspecified atom stereocenters. The number of hydrogen-bond acceptors (Lipinski definition) is 4. The lowest BCUT2D eigenvalue weighted by atomic mass is 10.1. The molecule has 0 fully saturated rings. The summed E-state index contributed by atoms with van der Waals surface area (Å²) in [6, 6.07) is 5.35. The zero-order valence-electron chi connectivity index (χ0n) is 9.71. The summed E-state index contributed by atoms with van der Waals surface area (Å²) < 4.78 is 13.1. The number of benzene rings is 1. The van der Waals surface area contributed by atoms with E-state index >= 15 is 0 Å². The molecule has 0 saturated carbocycles. The van der Waals surface area contributed by atoms with Crippen LogP contribution >= 0.6 is 0 Å². The van der Waals surface area contributed by atoms with E-state index in [0.29, 0.717) is 11.5 Å². The van der Waals surface area contributed by atoms with Crippen LogP contribution in [0.1, 0.15) is 16.2 Å². The van der Waals surface area contributed by atoms with Crippen molar-refractivity contribution in [1.29, 1.82) is 0 Å². The zero-order valence-corrected chi connectivity index (χ0v) is 9.71. The molecular formula is C13H8FN3O2. The highest BCUT2D eigenvalue weighted by atomic mass is 19.1. The summed E-state index contributed by atoms with van der Waals surface area (Å²) in [6.45, 7) is 0.0873. The molecule has 0 aliphatic carbocycles. The standard InChI is InChI=1S/C13H8FN3O2/c14-8-2-3-10-9(6-8)12(18)13(19)17(10)7-11-15-4-1-5-16-11/h1-6H,7H2. The van der Waals surface area contributed by atoms with Gasteiger partial charge < -0.3 is 0 Å². The summed E-state index contributed by atoms with van der Waals surface area (Å²) in [7, 11) is 0. The van der Waals surface area contributed by atoms with E-state index in [9.17, 15) is 14.0 Å². The van der Waals surface area contributed by atoms with Crippen LogP contribution in [0.3, 0.4) is 0 Å². The van der Waals surface area contributed by atoms with Gasteiger partial charge in [0.1, 0.15) is 11.6 Å². The molecule has 2 aromatic rings. The topological polar surface area (TPSA) is 63.2 Å². The Balaban J connectivity index is 2.00. The van der Waals surface area contributed by atoms with Gasteiger partial charge in [0, 0.05) is 12.4 Å². The number of aromatic nitrogens is 2. The van der Waals surface area contributed by atoms with E-state index in [1.165, 1.54) is 17.0 Å². The van der Waals surface area contributed by atoms with E-state index in [2.05, 4.69) is 9.97 Å². The first-order chi connectivity index (χ1) is 9.16. The second-order valence-corrected chi connectivity index (χ2v) is 4.05. The average Bonchev–Trinajstić information content (AvgIpc) is 2.65. The van der Waals surface area contributed by atoms with Crippen LogP contribution in [0.4, 0.5) is 10.1 Å². The van der Waals surface area contributed by atoms with Crippen molar-refractivity contribution in [2.45, 2.75) is 6.54 Å². The molecule has 0 N–H and O–H groups in total. The quantitative estimate of drug-likeness (QED) is 0.762. The van der Waals surface area contributed by atoms with Gasteiger partial charge in [-0.15, -0.1) is 0 Å². The number of ketones is 1. The van der Waals surface area contributed by atoms with Gasteiger partial charge in [0.15, 0.2) is 0 Å². The molecular weight excluding hydrogens is 249 g/mol. The van der Waals surface area contributed by atoms with Crippen LogP contribution in [0, 0.1) is 5.82 Å². The lowest BCUT2D eigenvalue weighted by Gasteiger charge is -2.14. The molecule has 0 saturated heterocycles. The van der Waals surface area contributed by atoms with Crippen LogP contribution < -0.4 is 4.90 Å². The average molecular weight is 257 g/mol. The number of fused-ring (bicyclic) bond motifs is 1. The van der Waals surface area contributed by atoms with Gasteiger partial charge in [0.25, 0.3) is 11.7 Å². The van der Waals surface area contributed by atoms with Crippen LogP contribution in [-0.2, 0) is 11.3 Å². The van der Waals surface area contributed by atoms with Gasteiger partial charge in [0.05, 0.1) is 17.8 Å². The zero-order chi connectivity index (χ0) is 13.4. The van der Waals surface area contributed by atoms with Crippen LogP contribution in [0.5, 0.6) is 0 Å². The van der Waals surface area contributed by atoms with Crippen molar-refractivity contribution in [3.05, 3.63) is 53.9 Å². The molecule has 0 spiro atoms. The molecule has 1 aliphatic heterocycles. The second-order valence-electron chi connectivity index (χ2n) is 4.05. The Morgan fingerprint density at radius 1 is 1.16 bits per heavy atom. The second kappa shape index (κ2) is 4.24. The van der Waals surface area contributed by atoms with E-state index in [1.807, 2.05) is 0 Å². The highest BCUT2D eigenvalue weighted by Gasteiger charge is 2.36. The van der Waals surface area contributed by atoms with Gasteiger partial charge in [-0.2, -0.15) is 0 Å². The van der Waals surface area contributed by atoms with Crippen LogP contribution in [-0.4, -0.2) is 21.7 Å². The normalized spacial score (nSPS) is 13.8. The lowest BCUT2D eigenvalue weighted by Crippen LogP contribution is -2.29. The third-order valence-electron chi connectivity index (χ3n) is 2.85. The molecule has 6 heteroatoms. The van der Waals surface area contributed by atoms with Crippen molar-refractivity contribution in [2.24, 2.45) is 0 Å². The van der Waals surface area contributed by atoms with Crippen molar-refractivity contribution in [2.75, 3.05) is 4.90 Å². The molecule has 1 aliphatic rings. The molecule has 94 valence electrons. The maximum Gasteiger partial charge on any atom is 0.299 e. The Morgan fingerprint density at radius 2 is 1.89 bits per heavy atom. The third-order valence-corrected chi connectivity index (χ3v) is 2.85. The number of halogens is 1. The summed E-state index contributed by atoms with van der Waals surface area (Å²) in [5.74, 6) is -1.52. The lowest BCUT2D eigenvalue weighted by molar-refractivity contribution is -0.114. The molecule has 1 aromatic carbocycles. The first kappa shape index (κ1) is 11.5. The van der Waals surface area contributed by atoms with Crippen molar-refractivity contribution in [3.8, 4) is 0 Å². The van der Waals surface area contributed by atoms with Gasteiger partial charge in [-0.3, -0.25) is 14.5 Å². The summed E-state index contributed by atoms with van der Waals surface area (Å²) >= 11 is 0. The number of carbonyl (C=O) groups excluding carboxylic acids is 2. The molecule has 3 rings (SSSR count). The maximum absolute atomic E-state index is 13.1. The minimum atomic E-state index is -0.703. The smallest absolute Gasteiger partial charge is 0.297 e. The van der Waals surface area contributed by atoms with Crippen molar-refractivity contribution in [1.82, 2.24) is 9.97 Å². The van der Waals surface area contributed by atoms with Crippen LogP contribution in [0.25, 0.3) is 0 Å². The number of carbonyl (C=O) groups is 2. The predicted octanol–water partition coefficient (Wildman–Crippen LogP) is 1.35. The maximum atomic E-state index is 13.1. The van der Waals surface area contributed by atoms with Crippen LogP contribution in [0.15, 0.2) is 36.7 Å². The summed E-state index contributed by atoms with van der Waals surface area (Å²) in [5, 5.41) is 0. The molecule has 0 radical (unpaired) electrons. The summed E-state index contributed by atoms with van der Waals surface area (Å²) in [6.07, 6.45) is 3.10. The molecule has 5 nitrogen and oxygen atoms in total. The van der Waals surface area contributed by atoms with E-state index in [1.54, 1.807) is 18.5 Å². The van der Waals surface area contributed by atoms with Crippen molar-refractivity contribution in [3.63, 3.8) is 0 Å². The van der Waals surface area contributed by atoms with E-state index in [4.69, 9.17) is 0 Å². The number of hydrogen-bond donors (Lipinski definition) is 0. The largest absolute Gasteiger partial charge is 0.299 e. The summed E-state index contributed by atoms with van der Waals surface area (Å²) in [5.41, 5.74) is 0.477. The Hall–Kier alpha value is -2.63. The molecule has 1 amide bonds. The van der Waals surface area contributed by atoms with E-state index in [-0.39, 0.29) is 12.1 Å². The highest BCUT2D eigenvalue weighted by molar-refractivity contribution is 6.52. The van der Waals surface area contributed by atoms with E-state index in [0.717, 1.165) is 6.07 Å². The number of amides is 1. The minimum Gasteiger partial charge on any atom is -0.297 e. The number of rotatable bonds is 2. The van der Waals surface area contributed by atoms with Gasteiger partial charge in [-0.05, 0) is 24.3 Å². The number of Topliss-reactive ketones (excluding diaryl/α,β-unsaturated/α-hetero) is 1. The molecule has 2 heterocycles. The van der Waals surface area contributed by atoms with Crippen LogP contribution in [0.2, 0.25) is 0 Å². The SMILES string of the molecule is O=C1C(=O)N(Cc2ncccn2)c2ccc(F)cc21. The van der Waals surface area contributed by atoms with Gasteiger partial charge in [-0.25, -0.2) is 14.4 Å². The monoisotopic (exact) mass is 257 g/mol. The van der Waals surface area contributed by atoms with Gasteiger partial charge in [-0.1, -0.05) is 0 Å². The number of anilines is 1. The van der Waals surface area contributed by atoms with E-state index < -0.39 is 17.5 Å². The Bertz CT molecular complexity index is 673. The third kappa shape index (κ3) is 1.87. The number of nitrogens with zero attached hydrogens (tertiary/aromatic N) is 3. The van der Waals surface area contributed by atoms with Gasteiger partial charge >= 0.3 is 0 Å². The van der Waals surface area contributed by atoms with Crippen molar-refractivity contribution >= 4 is 17.4 Å². The molecule has 19 heavy (non-hydrogen) atoms.